The molecule has 2 unspecified atom stereocenters. The van der Waals surface area contributed by atoms with E-state index in [0.717, 1.165) is 31.5 Å². The first kappa shape index (κ1) is 16.0. The standard InChI is InChI=1S/C18H24N2O3/c1-13-7-8-14(12-21)11-20(13)18(23)15-4-2-5-16(10-15)19-9-3-6-17(19)22/h2,4-5,10,13-14,21H,3,6-9,11-12H2,1H3. The molecule has 0 spiro atoms. The molecule has 2 aliphatic heterocycles. The molecule has 5 heteroatoms. The first-order chi connectivity index (χ1) is 11.1. The highest BCUT2D eigenvalue weighted by Gasteiger charge is 2.30. The zero-order valence-corrected chi connectivity index (χ0v) is 13.6. The third-order valence-electron chi connectivity index (χ3n) is 4.98. The van der Waals surface area contributed by atoms with Crippen LogP contribution in [0.25, 0.3) is 0 Å². The fourth-order valence-corrected chi connectivity index (χ4v) is 3.51. The number of rotatable bonds is 3. The van der Waals surface area contributed by atoms with Crippen LogP contribution in [0.4, 0.5) is 5.69 Å². The van der Waals surface area contributed by atoms with E-state index < -0.39 is 0 Å². The van der Waals surface area contributed by atoms with Gasteiger partial charge in [0.25, 0.3) is 5.91 Å². The zero-order valence-electron chi connectivity index (χ0n) is 13.6. The van der Waals surface area contributed by atoms with Crippen LogP contribution in [0.1, 0.15) is 43.0 Å². The van der Waals surface area contributed by atoms with E-state index in [1.54, 1.807) is 4.90 Å². The number of benzene rings is 1. The molecule has 2 fully saturated rings. The summed E-state index contributed by atoms with van der Waals surface area (Å²) in [4.78, 5) is 28.4. The van der Waals surface area contributed by atoms with Crippen LogP contribution in [0.2, 0.25) is 0 Å². The molecule has 124 valence electrons. The first-order valence-electron chi connectivity index (χ1n) is 8.42. The molecule has 0 saturated carbocycles. The van der Waals surface area contributed by atoms with Crippen LogP contribution in [0.5, 0.6) is 0 Å². The summed E-state index contributed by atoms with van der Waals surface area (Å²) in [6.45, 7) is 3.50. The van der Waals surface area contributed by atoms with Gasteiger partial charge >= 0.3 is 0 Å². The molecule has 3 rings (SSSR count). The van der Waals surface area contributed by atoms with Crippen molar-refractivity contribution in [2.75, 3.05) is 24.6 Å². The molecule has 0 aromatic heterocycles. The van der Waals surface area contributed by atoms with Crippen LogP contribution in [0.3, 0.4) is 0 Å². The van der Waals surface area contributed by atoms with Gasteiger partial charge < -0.3 is 14.9 Å². The van der Waals surface area contributed by atoms with Gasteiger partial charge in [0.1, 0.15) is 0 Å². The number of nitrogens with zero attached hydrogens (tertiary/aromatic N) is 2. The molecule has 2 saturated heterocycles. The lowest BCUT2D eigenvalue weighted by Gasteiger charge is -2.37. The SMILES string of the molecule is CC1CCC(CO)CN1C(=O)c1cccc(N2CCCC2=O)c1. The average molecular weight is 316 g/mol. The third-order valence-corrected chi connectivity index (χ3v) is 4.98. The van der Waals surface area contributed by atoms with Gasteiger partial charge in [-0.2, -0.15) is 0 Å². The van der Waals surface area contributed by atoms with Gasteiger partial charge in [-0.15, -0.1) is 0 Å². The van der Waals surface area contributed by atoms with Crippen LogP contribution in [-0.2, 0) is 4.79 Å². The Morgan fingerprint density at radius 2 is 2.17 bits per heavy atom. The van der Waals surface area contributed by atoms with Gasteiger partial charge in [0.05, 0.1) is 0 Å². The number of hydrogen-bond donors (Lipinski definition) is 1. The second kappa shape index (κ2) is 6.71. The minimum atomic E-state index is -0.0101. The fraction of sp³-hybridized carbons (Fsp3) is 0.556. The number of anilines is 1. The lowest BCUT2D eigenvalue weighted by Crippen LogP contribution is -2.46. The molecule has 2 aliphatic rings. The maximum atomic E-state index is 12.9. The van der Waals surface area contributed by atoms with Gasteiger partial charge in [-0.25, -0.2) is 0 Å². The van der Waals surface area contributed by atoms with Crippen molar-refractivity contribution in [3.05, 3.63) is 29.8 Å². The van der Waals surface area contributed by atoms with Crippen molar-refractivity contribution in [2.24, 2.45) is 5.92 Å². The van der Waals surface area contributed by atoms with Crippen LogP contribution in [0, 0.1) is 5.92 Å². The number of carbonyl (C=O) groups excluding carboxylic acids is 2. The summed E-state index contributed by atoms with van der Waals surface area (Å²) < 4.78 is 0. The molecule has 23 heavy (non-hydrogen) atoms. The van der Waals surface area contributed by atoms with Crippen molar-refractivity contribution in [3.63, 3.8) is 0 Å². The van der Waals surface area contributed by atoms with Gasteiger partial charge in [-0.1, -0.05) is 6.07 Å². The predicted molar refractivity (Wildman–Crippen MR) is 88.3 cm³/mol. The number of aliphatic hydroxyl groups is 1. The molecule has 0 radical (unpaired) electrons. The number of hydrogen-bond acceptors (Lipinski definition) is 3. The number of amides is 2. The topological polar surface area (TPSA) is 60.9 Å². The Morgan fingerprint density at radius 3 is 2.87 bits per heavy atom. The van der Waals surface area contributed by atoms with E-state index in [2.05, 4.69) is 6.92 Å². The van der Waals surface area contributed by atoms with E-state index >= 15 is 0 Å². The van der Waals surface area contributed by atoms with Crippen LogP contribution in [-0.4, -0.2) is 47.6 Å². The van der Waals surface area contributed by atoms with Crippen molar-refractivity contribution in [3.8, 4) is 0 Å². The lowest BCUT2D eigenvalue weighted by atomic mass is 9.93. The molecule has 2 heterocycles. The fourth-order valence-electron chi connectivity index (χ4n) is 3.51. The first-order valence-corrected chi connectivity index (χ1v) is 8.42. The van der Waals surface area contributed by atoms with E-state index in [-0.39, 0.29) is 30.4 Å². The average Bonchev–Trinajstić information content (AvgIpc) is 3.01. The second-order valence-electron chi connectivity index (χ2n) is 6.63. The Balaban J connectivity index is 1.80. The van der Waals surface area contributed by atoms with Gasteiger partial charge in [0.15, 0.2) is 0 Å². The van der Waals surface area contributed by atoms with Gasteiger partial charge in [-0.05, 0) is 50.3 Å². The van der Waals surface area contributed by atoms with Crippen molar-refractivity contribution in [1.82, 2.24) is 4.90 Å². The summed E-state index contributed by atoms with van der Waals surface area (Å²) in [5.41, 5.74) is 1.43. The molecule has 2 amide bonds. The number of carbonyl (C=O) groups is 2. The van der Waals surface area contributed by atoms with Crippen molar-refractivity contribution >= 4 is 17.5 Å². The summed E-state index contributed by atoms with van der Waals surface area (Å²) in [6.07, 6.45) is 3.34. The molecule has 1 N–H and O–H groups in total. The van der Waals surface area contributed by atoms with E-state index in [9.17, 15) is 14.7 Å². The predicted octanol–water partition coefficient (Wildman–Crippen LogP) is 2.05. The van der Waals surface area contributed by atoms with E-state index in [1.165, 1.54) is 0 Å². The van der Waals surface area contributed by atoms with Gasteiger partial charge in [-0.3, -0.25) is 9.59 Å². The second-order valence-corrected chi connectivity index (χ2v) is 6.63. The molecule has 2 atom stereocenters. The van der Waals surface area contributed by atoms with Crippen LogP contribution >= 0.6 is 0 Å². The van der Waals surface area contributed by atoms with Crippen LogP contribution < -0.4 is 4.90 Å². The highest BCUT2D eigenvalue weighted by atomic mass is 16.3. The number of likely N-dealkylation sites (tertiary alicyclic amines) is 1. The largest absolute Gasteiger partial charge is 0.396 e. The smallest absolute Gasteiger partial charge is 0.254 e. The molecular formula is C18H24N2O3. The highest BCUT2D eigenvalue weighted by Crippen LogP contribution is 2.26. The Morgan fingerprint density at radius 1 is 1.35 bits per heavy atom. The molecule has 0 aliphatic carbocycles. The monoisotopic (exact) mass is 316 g/mol. The Kier molecular flexibility index (Phi) is 4.66. The zero-order chi connectivity index (χ0) is 16.4. The van der Waals surface area contributed by atoms with E-state index in [1.807, 2.05) is 29.2 Å². The van der Waals surface area contributed by atoms with Crippen molar-refractivity contribution in [1.29, 1.82) is 0 Å². The molecule has 0 bridgehead atoms. The minimum Gasteiger partial charge on any atom is -0.396 e. The quantitative estimate of drug-likeness (QED) is 0.928. The molecule has 5 nitrogen and oxygen atoms in total. The van der Waals surface area contributed by atoms with Gasteiger partial charge in [0, 0.05) is 43.4 Å². The summed E-state index contributed by atoms with van der Waals surface area (Å²) >= 11 is 0. The minimum absolute atomic E-state index is 0.0101. The van der Waals surface area contributed by atoms with Crippen molar-refractivity contribution in [2.45, 2.75) is 38.6 Å². The van der Waals surface area contributed by atoms with Crippen LogP contribution in [0.15, 0.2) is 24.3 Å². The van der Waals surface area contributed by atoms with E-state index in [0.29, 0.717) is 18.5 Å². The Labute approximate surface area is 136 Å². The Hall–Kier alpha value is -1.88. The Bertz CT molecular complexity index is 602. The maximum absolute atomic E-state index is 12.9. The summed E-state index contributed by atoms with van der Waals surface area (Å²) in [7, 11) is 0. The molecule has 1 aromatic carbocycles. The molecule has 1 aromatic rings. The number of aliphatic hydroxyl groups excluding tert-OH is 1. The highest BCUT2D eigenvalue weighted by molar-refractivity contribution is 5.99. The van der Waals surface area contributed by atoms with E-state index in [4.69, 9.17) is 0 Å². The normalized spacial score (nSPS) is 25.0. The third kappa shape index (κ3) is 3.24. The maximum Gasteiger partial charge on any atom is 0.254 e. The summed E-state index contributed by atoms with van der Waals surface area (Å²) in [5.74, 6) is 0.281. The molecular weight excluding hydrogens is 292 g/mol. The summed E-state index contributed by atoms with van der Waals surface area (Å²) in [5, 5.41) is 9.38. The summed E-state index contributed by atoms with van der Waals surface area (Å²) in [6, 6.07) is 7.53. The number of piperidine rings is 1. The van der Waals surface area contributed by atoms with Gasteiger partial charge in [0.2, 0.25) is 5.91 Å². The lowest BCUT2D eigenvalue weighted by molar-refractivity contribution is -0.117. The van der Waals surface area contributed by atoms with Crippen molar-refractivity contribution < 1.29 is 14.7 Å².